The largest absolute Gasteiger partial charge is 0.463 e. The zero-order valence-electron chi connectivity index (χ0n) is 21.6. The van der Waals surface area contributed by atoms with E-state index in [0.717, 1.165) is 24.8 Å². The maximum atomic E-state index is 13.2. The Kier molecular flexibility index (Phi) is 11.4. The minimum Gasteiger partial charge on any atom is -0.463 e. The van der Waals surface area contributed by atoms with E-state index in [1.54, 1.807) is 6.92 Å². The molecule has 1 aliphatic rings. The Balaban J connectivity index is 2.18. The van der Waals surface area contributed by atoms with Crippen molar-refractivity contribution >= 4 is 17.8 Å². The minimum atomic E-state index is -0.550. The Bertz CT molecular complexity index is 847. The number of ether oxygens (including phenoxy) is 1. The smallest absolute Gasteiger partial charge is 0.309 e. The van der Waals surface area contributed by atoms with Gasteiger partial charge in [0.2, 0.25) is 11.8 Å². The van der Waals surface area contributed by atoms with Gasteiger partial charge in [0, 0.05) is 12.5 Å². The molecule has 2 rings (SSSR count). The van der Waals surface area contributed by atoms with E-state index in [-0.39, 0.29) is 54.8 Å². The van der Waals surface area contributed by atoms with Crippen LogP contribution in [0.15, 0.2) is 42.5 Å². The number of hydrogen-bond donors (Lipinski definition) is 3. The van der Waals surface area contributed by atoms with Crippen molar-refractivity contribution in [2.45, 2.75) is 78.3 Å². The number of nitrogens with one attached hydrogen (secondary N) is 2. The van der Waals surface area contributed by atoms with Crippen LogP contribution in [0.25, 0.3) is 0 Å². The molecule has 0 spiro atoms. The van der Waals surface area contributed by atoms with E-state index >= 15 is 0 Å². The normalized spacial score (nSPS) is 23.5. The van der Waals surface area contributed by atoms with Gasteiger partial charge in [-0.1, -0.05) is 63.3 Å². The number of aliphatic hydroxyl groups excluding tert-OH is 1. The fraction of sp³-hybridized carbons (Fsp3) is 0.607. The number of hydrogen-bond acceptors (Lipinski definition) is 5. The van der Waals surface area contributed by atoms with E-state index in [1.807, 2.05) is 63.3 Å². The van der Waals surface area contributed by atoms with Crippen LogP contribution < -0.4 is 10.6 Å². The maximum Gasteiger partial charge on any atom is 0.309 e. The monoisotopic (exact) mass is 486 g/mol. The van der Waals surface area contributed by atoms with Crippen molar-refractivity contribution in [2.75, 3.05) is 13.2 Å². The summed E-state index contributed by atoms with van der Waals surface area (Å²) in [6, 6.07) is 9.18. The molecule has 0 saturated heterocycles. The van der Waals surface area contributed by atoms with E-state index in [9.17, 15) is 19.5 Å². The molecule has 1 heterocycles. The fourth-order valence-electron chi connectivity index (χ4n) is 4.03. The second-order valence-electron chi connectivity index (χ2n) is 10.6. The van der Waals surface area contributed by atoms with Gasteiger partial charge in [0.1, 0.15) is 6.61 Å². The molecular weight excluding hydrogens is 444 g/mol. The van der Waals surface area contributed by atoms with Crippen molar-refractivity contribution in [3.63, 3.8) is 0 Å². The van der Waals surface area contributed by atoms with E-state index in [2.05, 4.69) is 10.6 Å². The number of benzene rings is 1. The summed E-state index contributed by atoms with van der Waals surface area (Å²) < 4.78 is 5.76. The molecule has 0 aromatic heterocycles. The predicted molar refractivity (Wildman–Crippen MR) is 136 cm³/mol. The lowest BCUT2D eigenvalue weighted by atomic mass is 9.86. The van der Waals surface area contributed by atoms with Crippen LogP contribution >= 0.6 is 0 Å². The summed E-state index contributed by atoms with van der Waals surface area (Å²) >= 11 is 0. The van der Waals surface area contributed by atoms with Crippen molar-refractivity contribution in [2.24, 2.45) is 17.3 Å². The summed E-state index contributed by atoms with van der Waals surface area (Å²) in [5.74, 6) is -1.55. The van der Waals surface area contributed by atoms with Crippen molar-refractivity contribution in [1.29, 1.82) is 0 Å². The first-order valence-electron chi connectivity index (χ1n) is 12.7. The Morgan fingerprint density at radius 3 is 2.54 bits per heavy atom. The van der Waals surface area contributed by atoms with Gasteiger partial charge in [-0.25, -0.2) is 0 Å². The minimum absolute atomic E-state index is 0.0241. The van der Waals surface area contributed by atoms with Gasteiger partial charge in [-0.05, 0) is 50.0 Å². The first kappa shape index (κ1) is 28.6. The molecule has 4 atom stereocenters. The maximum absolute atomic E-state index is 13.2. The Labute approximate surface area is 209 Å². The van der Waals surface area contributed by atoms with E-state index in [0.29, 0.717) is 12.8 Å². The topological polar surface area (TPSA) is 105 Å². The van der Waals surface area contributed by atoms with Crippen LogP contribution in [0.1, 0.15) is 65.4 Å². The van der Waals surface area contributed by atoms with E-state index in [4.69, 9.17) is 4.74 Å². The van der Waals surface area contributed by atoms with Gasteiger partial charge in [-0.3, -0.25) is 14.4 Å². The van der Waals surface area contributed by atoms with Crippen molar-refractivity contribution in [3.8, 4) is 0 Å². The molecule has 35 heavy (non-hydrogen) atoms. The molecular formula is C28H42N2O5. The first-order chi connectivity index (χ1) is 16.6. The molecule has 7 heteroatoms. The van der Waals surface area contributed by atoms with Gasteiger partial charge < -0.3 is 20.5 Å². The van der Waals surface area contributed by atoms with Crippen LogP contribution in [-0.2, 0) is 25.5 Å². The lowest BCUT2D eigenvalue weighted by Crippen LogP contribution is -2.50. The van der Waals surface area contributed by atoms with E-state index in [1.165, 1.54) is 0 Å². The zero-order valence-corrected chi connectivity index (χ0v) is 21.6. The number of carbonyl (C=O) groups excluding carboxylic acids is 3. The summed E-state index contributed by atoms with van der Waals surface area (Å²) in [6.45, 7) is 7.59. The van der Waals surface area contributed by atoms with Crippen LogP contribution in [0.5, 0.6) is 0 Å². The fourth-order valence-corrected chi connectivity index (χ4v) is 4.03. The molecule has 3 N–H and O–H groups in total. The number of esters is 1. The molecule has 1 aliphatic heterocycles. The average Bonchev–Trinajstić information content (AvgIpc) is 2.81. The lowest BCUT2D eigenvalue weighted by molar-refractivity contribution is -0.151. The van der Waals surface area contributed by atoms with Gasteiger partial charge in [0.05, 0.1) is 24.5 Å². The van der Waals surface area contributed by atoms with Gasteiger partial charge in [0.15, 0.2) is 0 Å². The molecule has 0 bridgehead atoms. The first-order valence-corrected chi connectivity index (χ1v) is 12.7. The number of cyclic esters (lactones) is 1. The third-order valence-corrected chi connectivity index (χ3v) is 6.41. The average molecular weight is 487 g/mol. The summed E-state index contributed by atoms with van der Waals surface area (Å²) in [4.78, 5) is 38.7. The number of amides is 2. The van der Waals surface area contributed by atoms with Crippen molar-refractivity contribution in [1.82, 2.24) is 10.6 Å². The summed E-state index contributed by atoms with van der Waals surface area (Å²) in [7, 11) is 0. The summed E-state index contributed by atoms with van der Waals surface area (Å²) in [6.07, 6.45) is 7.40. The van der Waals surface area contributed by atoms with Gasteiger partial charge in [-0.15, -0.1) is 0 Å². The SMILES string of the molecule is CC(CO)NC(=O)CC1CC=CCCCC(Cc2ccccc2)C(=O)OCC(C(C)(C)C)NC1=O. The molecule has 0 fully saturated rings. The third-order valence-electron chi connectivity index (χ3n) is 6.41. The van der Waals surface area contributed by atoms with Gasteiger partial charge in [-0.2, -0.15) is 0 Å². The zero-order chi connectivity index (χ0) is 25.8. The van der Waals surface area contributed by atoms with Crippen LogP contribution in [-0.4, -0.2) is 48.2 Å². The second-order valence-corrected chi connectivity index (χ2v) is 10.6. The number of carbonyl (C=O) groups is 3. The van der Waals surface area contributed by atoms with Crippen molar-refractivity contribution in [3.05, 3.63) is 48.0 Å². The summed E-state index contributed by atoms with van der Waals surface area (Å²) in [5.41, 5.74) is 0.749. The third kappa shape index (κ3) is 10.2. The molecule has 1 aromatic carbocycles. The van der Waals surface area contributed by atoms with Gasteiger partial charge in [0.25, 0.3) is 0 Å². The standard InChI is InChI=1S/C28H42N2O5/c1-20(18-31)29-25(32)17-22-14-10-5-6-11-15-23(16-21-12-8-7-9-13-21)27(34)35-19-24(28(2,3)4)30-26(22)33/h5,7-10,12-13,20,22-24,31H,6,11,14-19H2,1-4H3,(H,29,32)(H,30,33). The lowest BCUT2D eigenvalue weighted by Gasteiger charge is -2.33. The molecule has 2 amide bonds. The summed E-state index contributed by atoms with van der Waals surface area (Å²) in [5, 5.41) is 15.0. The Morgan fingerprint density at radius 2 is 1.89 bits per heavy atom. The molecule has 194 valence electrons. The highest BCUT2D eigenvalue weighted by atomic mass is 16.5. The molecule has 4 unspecified atom stereocenters. The molecule has 7 nitrogen and oxygen atoms in total. The van der Waals surface area contributed by atoms with Gasteiger partial charge >= 0.3 is 5.97 Å². The highest BCUT2D eigenvalue weighted by Crippen LogP contribution is 2.24. The van der Waals surface area contributed by atoms with Crippen LogP contribution in [0.2, 0.25) is 0 Å². The van der Waals surface area contributed by atoms with E-state index < -0.39 is 12.0 Å². The second kappa shape index (κ2) is 14.0. The molecule has 0 radical (unpaired) electrons. The molecule has 0 aliphatic carbocycles. The number of rotatable bonds is 6. The number of allylic oxidation sites excluding steroid dienone is 2. The highest BCUT2D eigenvalue weighted by Gasteiger charge is 2.32. The van der Waals surface area contributed by atoms with Crippen LogP contribution in [0.4, 0.5) is 0 Å². The van der Waals surface area contributed by atoms with Crippen LogP contribution in [0.3, 0.4) is 0 Å². The molecule has 1 aromatic rings. The Morgan fingerprint density at radius 1 is 1.17 bits per heavy atom. The van der Waals surface area contributed by atoms with Crippen LogP contribution in [0, 0.1) is 17.3 Å². The van der Waals surface area contributed by atoms with Crippen molar-refractivity contribution < 1.29 is 24.2 Å². The Hall–Kier alpha value is -2.67. The predicted octanol–water partition coefficient (Wildman–Crippen LogP) is 3.55. The molecule has 0 saturated carbocycles. The highest BCUT2D eigenvalue weighted by molar-refractivity contribution is 5.86. The quantitative estimate of drug-likeness (QED) is 0.421. The number of aliphatic hydroxyl groups is 1.